The summed E-state index contributed by atoms with van der Waals surface area (Å²) in [4.78, 5) is 4.02. The fourth-order valence-corrected chi connectivity index (χ4v) is 1.24. The molecule has 16 heavy (non-hydrogen) atoms. The monoisotopic (exact) mass is 218 g/mol. The molecule has 2 aromatic rings. The van der Waals surface area contributed by atoms with Gasteiger partial charge in [-0.05, 0) is 30.3 Å². The van der Waals surface area contributed by atoms with E-state index < -0.39 is 0 Å². The Morgan fingerprint density at radius 1 is 1.06 bits per heavy atom. The highest BCUT2D eigenvalue weighted by Crippen LogP contribution is 2.17. The number of hydrogen-bond acceptors (Lipinski definition) is 4. The first kappa shape index (κ1) is 10.4. The summed E-state index contributed by atoms with van der Waals surface area (Å²) in [5, 5.41) is 13.4. The van der Waals surface area contributed by atoms with Crippen molar-refractivity contribution < 1.29 is 4.39 Å². The van der Waals surface area contributed by atoms with Crippen molar-refractivity contribution >= 4 is 17.2 Å². The Bertz CT molecular complexity index is 473. The molecule has 1 aromatic heterocycles. The van der Waals surface area contributed by atoms with Crippen LogP contribution in [-0.2, 0) is 0 Å². The van der Waals surface area contributed by atoms with Crippen LogP contribution < -0.4 is 10.8 Å². The van der Waals surface area contributed by atoms with Crippen LogP contribution in [0.5, 0.6) is 0 Å². The molecule has 4 nitrogen and oxygen atoms in total. The van der Waals surface area contributed by atoms with Crippen molar-refractivity contribution in [3.63, 3.8) is 0 Å². The normalized spacial score (nSPS) is 9.88. The maximum absolute atomic E-state index is 12.6. The summed E-state index contributed by atoms with van der Waals surface area (Å²) in [7, 11) is 0. The lowest BCUT2D eigenvalue weighted by atomic mass is 10.3. The summed E-state index contributed by atoms with van der Waals surface area (Å²) < 4.78 is 12.6. The van der Waals surface area contributed by atoms with Crippen LogP contribution >= 0.6 is 0 Å². The molecule has 0 saturated heterocycles. The molecule has 0 fully saturated rings. The van der Waals surface area contributed by atoms with E-state index in [1.165, 1.54) is 18.3 Å². The van der Waals surface area contributed by atoms with Gasteiger partial charge in [-0.2, -0.15) is 0 Å². The van der Waals surface area contributed by atoms with Gasteiger partial charge in [-0.3, -0.25) is 0 Å². The second-order valence-electron chi connectivity index (χ2n) is 3.16. The predicted octanol–water partition coefficient (Wildman–Crippen LogP) is 2.87. The Balaban J connectivity index is 2.16. The van der Waals surface area contributed by atoms with Crippen molar-refractivity contribution in [2.75, 3.05) is 10.8 Å². The number of nitrogens with one attached hydrogen (secondary N) is 2. The van der Waals surface area contributed by atoms with E-state index in [9.17, 15) is 9.60 Å². The van der Waals surface area contributed by atoms with E-state index in [1.54, 1.807) is 29.7 Å². The van der Waals surface area contributed by atoms with Crippen molar-refractivity contribution in [1.29, 1.82) is 0 Å². The minimum absolute atomic E-state index is 0.298. The van der Waals surface area contributed by atoms with Crippen LogP contribution in [0.2, 0.25) is 0 Å². The summed E-state index contributed by atoms with van der Waals surface area (Å²) in [5.41, 5.74) is 2.89. The van der Waals surface area contributed by atoms with E-state index in [-0.39, 0.29) is 5.82 Å². The van der Waals surface area contributed by atoms with Gasteiger partial charge in [0.25, 0.3) is 0 Å². The molecule has 0 bridgehead atoms. The fraction of sp³-hybridized carbons (Fsp3) is 0. The number of aromatic nitrogens is 1. The SMILES string of the molecule is [O-]Nc1ccnc(Nc2ccc(F)cc2)c1. The lowest BCUT2D eigenvalue weighted by Crippen LogP contribution is -1.94. The predicted molar refractivity (Wildman–Crippen MR) is 60.9 cm³/mol. The smallest absolute Gasteiger partial charge is 0.132 e. The van der Waals surface area contributed by atoms with Gasteiger partial charge in [0.05, 0.1) is 0 Å². The van der Waals surface area contributed by atoms with Crippen LogP contribution in [0, 0.1) is 11.0 Å². The van der Waals surface area contributed by atoms with Crippen molar-refractivity contribution in [3.05, 3.63) is 53.6 Å². The molecule has 1 heterocycles. The van der Waals surface area contributed by atoms with E-state index in [0.717, 1.165) is 0 Å². The molecular formula is C11H9FN3O-. The number of anilines is 3. The molecule has 1 aromatic carbocycles. The summed E-state index contributed by atoms with van der Waals surface area (Å²) in [6.07, 6.45) is 1.51. The topological polar surface area (TPSA) is 60.0 Å². The molecule has 5 heteroatoms. The standard InChI is InChI=1S/C11H9FN3O/c12-8-1-3-9(4-2-8)14-11-7-10(15-16)5-6-13-11/h1-7H,(H2-,13,14,15,16)/q-1. The minimum Gasteiger partial charge on any atom is -0.761 e. The van der Waals surface area contributed by atoms with Gasteiger partial charge in [-0.15, -0.1) is 0 Å². The Kier molecular flexibility index (Phi) is 2.98. The first-order valence-corrected chi connectivity index (χ1v) is 4.65. The molecular weight excluding hydrogens is 209 g/mol. The van der Waals surface area contributed by atoms with Crippen molar-refractivity contribution in [2.24, 2.45) is 0 Å². The van der Waals surface area contributed by atoms with Crippen molar-refractivity contribution in [1.82, 2.24) is 4.98 Å². The lowest BCUT2D eigenvalue weighted by Gasteiger charge is -2.11. The van der Waals surface area contributed by atoms with Gasteiger partial charge in [0.1, 0.15) is 11.6 Å². The quantitative estimate of drug-likeness (QED) is 0.777. The molecule has 0 aliphatic heterocycles. The van der Waals surface area contributed by atoms with Gasteiger partial charge >= 0.3 is 0 Å². The van der Waals surface area contributed by atoms with Gasteiger partial charge in [-0.25, -0.2) is 9.37 Å². The molecule has 0 aliphatic carbocycles. The first-order valence-electron chi connectivity index (χ1n) is 4.65. The number of rotatable bonds is 3. The largest absolute Gasteiger partial charge is 0.761 e. The summed E-state index contributed by atoms with van der Waals surface area (Å²) >= 11 is 0. The zero-order valence-electron chi connectivity index (χ0n) is 8.27. The van der Waals surface area contributed by atoms with Crippen LogP contribution in [0.4, 0.5) is 21.6 Å². The second kappa shape index (κ2) is 4.59. The Hall–Kier alpha value is -2.14. The van der Waals surface area contributed by atoms with E-state index in [4.69, 9.17) is 0 Å². The number of hydrogen-bond donors (Lipinski definition) is 2. The number of benzene rings is 1. The van der Waals surface area contributed by atoms with Crippen molar-refractivity contribution in [3.8, 4) is 0 Å². The highest BCUT2D eigenvalue weighted by molar-refractivity contribution is 5.60. The zero-order valence-corrected chi connectivity index (χ0v) is 8.27. The summed E-state index contributed by atoms with van der Waals surface area (Å²) in [5.74, 6) is 0.223. The third-order valence-electron chi connectivity index (χ3n) is 1.99. The van der Waals surface area contributed by atoms with E-state index in [1.807, 2.05) is 0 Å². The molecule has 0 atom stereocenters. The van der Waals surface area contributed by atoms with Crippen LogP contribution in [0.1, 0.15) is 0 Å². The van der Waals surface area contributed by atoms with E-state index >= 15 is 0 Å². The van der Waals surface area contributed by atoms with Crippen LogP contribution in [-0.4, -0.2) is 4.98 Å². The number of pyridine rings is 1. The minimum atomic E-state index is -0.298. The van der Waals surface area contributed by atoms with Gasteiger partial charge in [-0.1, -0.05) is 0 Å². The van der Waals surface area contributed by atoms with E-state index in [2.05, 4.69) is 10.3 Å². The molecule has 2 rings (SSSR count). The zero-order chi connectivity index (χ0) is 11.4. The third kappa shape index (κ3) is 2.46. The Morgan fingerprint density at radius 3 is 2.50 bits per heavy atom. The maximum Gasteiger partial charge on any atom is 0.132 e. The molecule has 0 spiro atoms. The molecule has 0 saturated carbocycles. The van der Waals surface area contributed by atoms with Crippen LogP contribution in [0.25, 0.3) is 0 Å². The van der Waals surface area contributed by atoms with Gasteiger partial charge in [0.2, 0.25) is 0 Å². The third-order valence-corrected chi connectivity index (χ3v) is 1.99. The number of halogens is 1. The second-order valence-corrected chi connectivity index (χ2v) is 3.16. The lowest BCUT2D eigenvalue weighted by molar-refractivity contribution is 0.628. The van der Waals surface area contributed by atoms with Crippen molar-refractivity contribution in [2.45, 2.75) is 0 Å². The number of nitrogens with zero attached hydrogens (tertiary/aromatic N) is 1. The Labute approximate surface area is 91.7 Å². The van der Waals surface area contributed by atoms with E-state index in [0.29, 0.717) is 17.2 Å². The Morgan fingerprint density at radius 2 is 1.81 bits per heavy atom. The highest BCUT2D eigenvalue weighted by Gasteiger charge is 1.96. The van der Waals surface area contributed by atoms with Gasteiger partial charge in [0.15, 0.2) is 0 Å². The van der Waals surface area contributed by atoms with Gasteiger partial charge in [0, 0.05) is 23.6 Å². The molecule has 0 unspecified atom stereocenters. The average molecular weight is 218 g/mol. The summed E-state index contributed by atoms with van der Waals surface area (Å²) in [6.45, 7) is 0. The van der Waals surface area contributed by atoms with Crippen LogP contribution in [0.3, 0.4) is 0 Å². The molecule has 0 radical (unpaired) electrons. The highest BCUT2D eigenvalue weighted by atomic mass is 19.1. The average Bonchev–Trinajstić information content (AvgIpc) is 2.32. The molecule has 0 aliphatic rings. The first-order chi connectivity index (χ1) is 7.78. The molecule has 0 amide bonds. The summed E-state index contributed by atoms with van der Waals surface area (Å²) in [6, 6.07) is 9.00. The van der Waals surface area contributed by atoms with Gasteiger partial charge < -0.3 is 16.0 Å². The maximum atomic E-state index is 12.6. The molecule has 2 N–H and O–H groups in total. The fourth-order valence-electron chi connectivity index (χ4n) is 1.24. The van der Waals surface area contributed by atoms with Crippen LogP contribution in [0.15, 0.2) is 42.6 Å². The molecule has 82 valence electrons.